The highest BCUT2D eigenvalue weighted by molar-refractivity contribution is 6.03. The van der Waals surface area contributed by atoms with Gasteiger partial charge in [0.15, 0.2) is 0 Å². The third kappa shape index (κ3) is 3.72. The molecule has 0 atom stereocenters. The van der Waals surface area contributed by atoms with Gasteiger partial charge in [0, 0.05) is 26.9 Å². The third-order valence-electron chi connectivity index (χ3n) is 1.59. The molecule has 3 amide bonds. The zero-order valence-electron chi connectivity index (χ0n) is 8.16. The summed E-state index contributed by atoms with van der Waals surface area (Å²) in [6, 6.07) is 0. The molecule has 14 heavy (non-hydrogen) atoms. The largest absolute Gasteiger partial charge is 0.359 e. The number of carbonyl (C=O) groups is 3. The summed E-state index contributed by atoms with van der Waals surface area (Å²) in [5.41, 5.74) is 0. The predicted molar refractivity (Wildman–Crippen MR) is 49.9 cm³/mol. The van der Waals surface area contributed by atoms with Crippen LogP contribution in [-0.2, 0) is 14.4 Å². The van der Waals surface area contributed by atoms with E-state index in [-0.39, 0.29) is 18.9 Å². The van der Waals surface area contributed by atoms with E-state index < -0.39 is 11.8 Å². The molecule has 0 saturated heterocycles. The maximum absolute atomic E-state index is 11.0. The van der Waals surface area contributed by atoms with Crippen LogP contribution in [-0.4, -0.2) is 36.2 Å². The first-order valence-corrected chi connectivity index (χ1v) is 4.02. The Labute approximate surface area is 82.5 Å². The van der Waals surface area contributed by atoms with Gasteiger partial charge in [0.05, 0.1) is 0 Å². The summed E-state index contributed by atoms with van der Waals surface area (Å²) in [7, 11) is 1.48. The van der Waals surface area contributed by atoms with Gasteiger partial charge in [-0.2, -0.15) is 0 Å². The number of carbonyl (C=O) groups excluding carboxylic acids is 3. The highest BCUT2D eigenvalue weighted by atomic mass is 16.2. The SMILES string of the molecule is C#CC(=O)N(CCC(=O)NC)C(C)=O. The molecule has 0 saturated carbocycles. The molecule has 0 aromatic heterocycles. The van der Waals surface area contributed by atoms with E-state index in [9.17, 15) is 14.4 Å². The maximum atomic E-state index is 11.0. The van der Waals surface area contributed by atoms with Gasteiger partial charge in [0.25, 0.3) is 0 Å². The lowest BCUT2D eigenvalue weighted by Gasteiger charge is -2.14. The van der Waals surface area contributed by atoms with Crippen molar-refractivity contribution in [2.24, 2.45) is 0 Å². The van der Waals surface area contributed by atoms with Crippen LogP contribution in [0.4, 0.5) is 0 Å². The van der Waals surface area contributed by atoms with E-state index in [1.54, 1.807) is 0 Å². The highest BCUT2D eigenvalue weighted by Gasteiger charge is 2.16. The second-order valence-electron chi connectivity index (χ2n) is 2.54. The molecule has 0 fully saturated rings. The van der Waals surface area contributed by atoms with Crippen LogP contribution in [0.2, 0.25) is 0 Å². The number of amides is 3. The van der Waals surface area contributed by atoms with Crippen molar-refractivity contribution in [3.05, 3.63) is 0 Å². The van der Waals surface area contributed by atoms with Crippen LogP contribution in [0.1, 0.15) is 13.3 Å². The van der Waals surface area contributed by atoms with Crippen LogP contribution in [0, 0.1) is 12.3 Å². The fourth-order valence-corrected chi connectivity index (χ4v) is 0.818. The molecular formula is C9H12N2O3. The van der Waals surface area contributed by atoms with Crippen LogP contribution in [0.3, 0.4) is 0 Å². The van der Waals surface area contributed by atoms with Gasteiger partial charge < -0.3 is 5.32 Å². The molecule has 1 N–H and O–H groups in total. The van der Waals surface area contributed by atoms with E-state index in [4.69, 9.17) is 6.42 Å². The summed E-state index contributed by atoms with van der Waals surface area (Å²) < 4.78 is 0. The van der Waals surface area contributed by atoms with E-state index in [0.717, 1.165) is 4.90 Å². The monoisotopic (exact) mass is 196 g/mol. The Hall–Kier alpha value is -1.83. The maximum Gasteiger partial charge on any atom is 0.304 e. The molecule has 5 heteroatoms. The van der Waals surface area contributed by atoms with Crippen LogP contribution in [0.5, 0.6) is 0 Å². The zero-order chi connectivity index (χ0) is 11.1. The summed E-state index contributed by atoms with van der Waals surface area (Å²) in [4.78, 5) is 33.6. The minimum atomic E-state index is -0.721. The topological polar surface area (TPSA) is 66.5 Å². The molecule has 0 radical (unpaired) electrons. The average molecular weight is 196 g/mol. The molecule has 0 bridgehead atoms. The van der Waals surface area contributed by atoms with Gasteiger partial charge in [0.1, 0.15) is 0 Å². The standard InChI is InChI=1S/C9H12N2O3/c1-4-9(14)11(7(2)12)6-5-8(13)10-3/h1H,5-6H2,2-3H3,(H,10,13). The van der Waals surface area contributed by atoms with E-state index in [1.807, 2.05) is 5.92 Å². The number of hydrogen-bond donors (Lipinski definition) is 1. The van der Waals surface area contributed by atoms with Crippen LogP contribution in [0.25, 0.3) is 0 Å². The zero-order valence-corrected chi connectivity index (χ0v) is 8.16. The number of nitrogens with one attached hydrogen (secondary N) is 1. The molecular weight excluding hydrogens is 184 g/mol. The predicted octanol–water partition coefficient (Wildman–Crippen LogP) is -0.869. The number of rotatable bonds is 3. The van der Waals surface area contributed by atoms with Crippen molar-refractivity contribution >= 4 is 17.7 Å². The van der Waals surface area contributed by atoms with Gasteiger partial charge >= 0.3 is 5.91 Å². The van der Waals surface area contributed by atoms with Crippen molar-refractivity contribution in [2.75, 3.05) is 13.6 Å². The minimum absolute atomic E-state index is 0.0119. The molecule has 0 aliphatic rings. The molecule has 0 aromatic rings. The smallest absolute Gasteiger partial charge is 0.304 e. The quantitative estimate of drug-likeness (QED) is 0.597. The Morgan fingerprint density at radius 3 is 2.36 bits per heavy atom. The van der Waals surface area contributed by atoms with E-state index in [2.05, 4.69) is 5.32 Å². The number of terminal acetylenes is 1. The Bertz CT molecular complexity index is 291. The first kappa shape index (κ1) is 12.2. The Morgan fingerprint density at radius 2 is 2.00 bits per heavy atom. The second kappa shape index (κ2) is 5.75. The Kier molecular flexibility index (Phi) is 5.00. The summed E-state index contributed by atoms with van der Waals surface area (Å²) in [6.07, 6.45) is 4.91. The number of hydrogen-bond acceptors (Lipinski definition) is 3. The van der Waals surface area contributed by atoms with E-state index in [1.165, 1.54) is 14.0 Å². The summed E-state index contributed by atoms with van der Waals surface area (Å²) in [6.45, 7) is 1.23. The van der Waals surface area contributed by atoms with Crippen molar-refractivity contribution in [1.29, 1.82) is 0 Å². The minimum Gasteiger partial charge on any atom is -0.359 e. The van der Waals surface area contributed by atoms with E-state index in [0.29, 0.717) is 0 Å². The fraction of sp³-hybridized carbons (Fsp3) is 0.444. The molecule has 0 aliphatic heterocycles. The first-order valence-electron chi connectivity index (χ1n) is 4.02. The number of nitrogens with zero attached hydrogens (tertiary/aromatic N) is 1. The van der Waals surface area contributed by atoms with Gasteiger partial charge in [-0.3, -0.25) is 19.3 Å². The lowest BCUT2D eigenvalue weighted by molar-refractivity contribution is -0.140. The molecule has 0 aliphatic carbocycles. The Morgan fingerprint density at radius 1 is 1.43 bits per heavy atom. The third-order valence-corrected chi connectivity index (χ3v) is 1.59. The Balaban J connectivity index is 4.27. The second-order valence-corrected chi connectivity index (χ2v) is 2.54. The van der Waals surface area contributed by atoms with Crippen molar-refractivity contribution in [3.63, 3.8) is 0 Å². The molecule has 5 nitrogen and oxygen atoms in total. The van der Waals surface area contributed by atoms with Gasteiger partial charge in [0.2, 0.25) is 11.8 Å². The number of imide groups is 1. The lowest BCUT2D eigenvalue weighted by Crippen LogP contribution is -2.37. The molecule has 0 rings (SSSR count). The highest BCUT2D eigenvalue weighted by Crippen LogP contribution is 1.93. The normalized spacial score (nSPS) is 8.64. The summed E-state index contributed by atoms with van der Waals surface area (Å²) in [5, 5.41) is 2.38. The lowest BCUT2D eigenvalue weighted by atomic mass is 10.3. The molecule has 0 aromatic carbocycles. The summed E-state index contributed by atoms with van der Waals surface area (Å²) >= 11 is 0. The van der Waals surface area contributed by atoms with Gasteiger partial charge in [-0.1, -0.05) is 0 Å². The van der Waals surface area contributed by atoms with Crippen molar-refractivity contribution in [2.45, 2.75) is 13.3 Å². The van der Waals surface area contributed by atoms with Crippen LogP contribution in [0.15, 0.2) is 0 Å². The summed E-state index contributed by atoms with van der Waals surface area (Å²) in [5.74, 6) is 0.391. The van der Waals surface area contributed by atoms with Crippen molar-refractivity contribution < 1.29 is 14.4 Å². The molecule has 76 valence electrons. The van der Waals surface area contributed by atoms with Gasteiger partial charge in [-0.05, 0) is 5.92 Å². The van der Waals surface area contributed by atoms with Gasteiger partial charge in [-0.15, -0.1) is 6.42 Å². The molecule has 0 heterocycles. The fourth-order valence-electron chi connectivity index (χ4n) is 0.818. The van der Waals surface area contributed by atoms with Crippen molar-refractivity contribution in [3.8, 4) is 12.3 Å². The van der Waals surface area contributed by atoms with Crippen LogP contribution >= 0.6 is 0 Å². The van der Waals surface area contributed by atoms with Crippen molar-refractivity contribution in [1.82, 2.24) is 10.2 Å². The van der Waals surface area contributed by atoms with E-state index >= 15 is 0 Å². The van der Waals surface area contributed by atoms with Gasteiger partial charge in [-0.25, -0.2) is 0 Å². The van der Waals surface area contributed by atoms with Crippen LogP contribution < -0.4 is 5.32 Å². The average Bonchev–Trinajstić information content (AvgIpc) is 2.16. The first-order chi connectivity index (χ1) is 6.52. The molecule has 0 unspecified atom stereocenters. The molecule has 0 spiro atoms.